The summed E-state index contributed by atoms with van der Waals surface area (Å²) in [5.74, 6) is 1.28. The van der Waals surface area contributed by atoms with Crippen molar-refractivity contribution in [2.75, 3.05) is 5.32 Å². The molecule has 0 unspecified atom stereocenters. The minimum Gasteiger partial charge on any atom is -0.311 e. The summed E-state index contributed by atoms with van der Waals surface area (Å²) in [5.41, 5.74) is 0.744. The molecule has 0 aromatic carbocycles. The van der Waals surface area contributed by atoms with E-state index in [0.29, 0.717) is 18.3 Å². The number of hydrogen-bond donors (Lipinski definition) is 1. The molecule has 2 aromatic rings. The van der Waals surface area contributed by atoms with E-state index in [-0.39, 0.29) is 5.91 Å². The number of nitrogens with zero attached hydrogens (tertiary/aromatic N) is 4. The summed E-state index contributed by atoms with van der Waals surface area (Å²) >= 11 is 0. The van der Waals surface area contributed by atoms with E-state index in [0.717, 1.165) is 24.4 Å². The summed E-state index contributed by atoms with van der Waals surface area (Å²) in [4.78, 5) is 16.0. The molecule has 21 heavy (non-hydrogen) atoms. The van der Waals surface area contributed by atoms with Gasteiger partial charge in [-0.3, -0.25) is 4.79 Å². The van der Waals surface area contributed by atoms with E-state index < -0.39 is 0 Å². The van der Waals surface area contributed by atoms with E-state index in [1.165, 1.54) is 12.8 Å². The van der Waals surface area contributed by atoms with Crippen molar-refractivity contribution in [2.45, 2.75) is 45.1 Å². The van der Waals surface area contributed by atoms with E-state index in [9.17, 15) is 4.79 Å². The van der Waals surface area contributed by atoms with Crippen LogP contribution in [0.3, 0.4) is 0 Å². The van der Waals surface area contributed by atoms with Crippen LogP contribution >= 0.6 is 0 Å². The first-order valence-electron chi connectivity index (χ1n) is 7.44. The number of carbonyl (C=O) groups is 1. The second-order valence-corrected chi connectivity index (χ2v) is 5.31. The molecule has 2 aromatic heterocycles. The fourth-order valence-corrected chi connectivity index (χ4v) is 2.74. The van der Waals surface area contributed by atoms with Gasteiger partial charge in [-0.1, -0.05) is 25.8 Å². The predicted molar refractivity (Wildman–Crippen MR) is 79.7 cm³/mol. The first-order valence-corrected chi connectivity index (χ1v) is 7.44. The lowest BCUT2D eigenvalue weighted by atomic mass is 10.2. The van der Waals surface area contributed by atoms with Crippen molar-refractivity contribution in [1.82, 2.24) is 19.7 Å². The molecule has 3 rings (SSSR count). The lowest BCUT2D eigenvalue weighted by Crippen LogP contribution is -2.11. The second-order valence-electron chi connectivity index (χ2n) is 5.31. The SMILES string of the molecule is CCC(=O)Nc1cccc(-c2nncn2C2CCCC2)n1. The molecule has 0 atom stereocenters. The molecule has 1 amide bonds. The molecular formula is C15H19N5O. The minimum atomic E-state index is -0.0445. The maximum atomic E-state index is 11.5. The monoisotopic (exact) mass is 285 g/mol. The molecule has 1 saturated carbocycles. The summed E-state index contributed by atoms with van der Waals surface area (Å²) in [6.07, 6.45) is 7.05. The molecule has 0 radical (unpaired) electrons. The van der Waals surface area contributed by atoms with Crippen LogP contribution in [0.4, 0.5) is 5.82 Å². The summed E-state index contributed by atoms with van der Waals surface area (Å²) in [7, 11) is 0. The van der Waals surface area contributed by atoms with Crippen LogP contribution in [-0.2, 0) is 4.79 Å². The number of aromatic nitrogens is 4. The van der Waals surface area contributed by atoms with Gasteiger partial charge in [-0.05, 0) is 25.0 Å². The number of pyridine rings is 1. The molecule has 0 bridgehead atoms. The Kier molecular flexibility index (Phi) is 3.94. The van der Waals surface area contributed by atoms with Gasteiger partial charge in [0, 0.05) is 12.5 Å². The van der Waals surface area contributed by atoms with Crippen LogP contribution in [0, 0.1) is 0 Å². The lowest BCUT2D eigenvalue weighted by molar-refractivity contribution is -0.115. The third-order valence-corrected chi connectivity index (χ3v) is 3.86. The summed E-state index contributed by atoms with van der Waals surface area (Å²) in [6.45, 7) is 1.82. The number of rotatable bonds is 4. The van der Waals surface area contributed by atoms with Gasteiger partial charge in [-0.2, -0.15) is 0 Å². The quantitative estimate of drug-likeness (QED) is 0.937. The van der Waals surface area contributed by atoms with Crippen molar-refractivity contribution in [1.29, 1.82) is 0 Å². The van der Waals surface area contributed by atoms with Gasteiger partial charge in [0.15, 0.2) is 5.82 Å². The van der Waals surface area contributed by atoms with Crippen LogP contribution < -0.4 is 5.32 Å². The van der Waals surface area contributed by atoms with Crippen LogP contribution in [0.25, 0.3) is 11.5 Å². The number of hydrogen-bond acceptors (Lipinski definition) is 4. The molecular weight excluding hydrogens is 266 g/mol. The molecule has 0 saturated heterocycles. The topological polar surface area (TPSA) is 72.7 Å². The van der Waals surface area contributed by atoms with Gasteiger partial charge in [0.1, 0.15) is 17.8 Å². The Labute approximate surface area is 123 Å². The summed E-state index contributed by atoms with van der Waals surface area (Å²) in [5, 5.41) is 11.0. The molecule has 6 nitrogen and oxygen atoms in total. The third-order valence-electron chi connectivity index (χ3n) is 3.86. The van der Waals surface area contributed by atoms with Gasteiger partial charge in [-0.15, -0.1) is 10.2 Å². The molecule has 2 heterocycles. The summed E-state index contributed by atoms with van der Waals surface area (Å²) in [6, 6.07) is 6.02. The highest BCUT2D eigenvalue weighted by atomic mass is 16.1. The highest BCUT2D eigenvalue weighted by molar-refractivity contribution is 5.89. The average molecular weight is 285 g/mol. The van der Waals surface area contributed by atoms with E-state index >= 15 is 0 Å². The van der Waals surface area contributed by atoms with Gasteiger partial charge in [0.2, 0.25) is 5.91 Å². The first kappa shape index (κ1) is 13.7. The molecule has 1 aliphatic carbocycles. The Bertz CT molecular complexity index is 630. The minimum absolute atomic E-state index is 0.0445. The third kappa shape index (κ3) is 2.94. The summed E-state index contributed by atoms with van der Waals surface area (Å²) < 4.78 is 2.11. The van der Waals surface area contributed by atoms with Crippen molar-refractivity contribution in [3.63, 3.8) is 0 Å². The zero-order chi connectivity index (χ0) is 14.7. The molecule has 0 spiro atoms. The Morgan fingerprint density at radius 1 is 1.38 bits per heavy atom. The largest absolute Gasteiger partial charge is 0.311 e. The molecule has 110 valence electrons. The number of amides is 1. The zero-order valence-electron chi connectivity index (χ0n) is 12.1. The molecule has 1 fully saturated rings. The highest BCUT2D eigenvalue weighted by Crippen LogP contribution is 2.32. The predicted octanol–water partition coefficient (Wildman–Crippen LogP) is 2.80. The second kappa shape index (κ2) is 6.03. The Morgan fingerprint density at radius 2 is 2.19 bits per heavy atom. The van der Waals surface area contributed by atoms with Crippen molar-refractivity contribution < 1.29 is 4.79 Å². The van der Waals surface area contributed by atoms with Crippen molar-refractivity contribution in [2.24, 2.45) is 0 Å². The van der Waals surface area contributed by atoms with E-state index in [1.807, 2.05) is 19.1 Å². The van der Waals surface area contributed by atoms with E-state index in [4.69, 9.17) is 0 Å². The fourth-order valence-electron chi connectivity index (χ4n) is 2.74. The van der Waals surface area contributed by atoms with Crippen LogP contribution in [0.2, 0.25) is 0 Å². The number of nitrogens with one attached hydrogen (secondary N) is 1. The van der Waals surface area contributed by atoms with Gasteiger partial charge < -0.3 is 9.88 Å². The Morgan fingerprint density at radius 3 is 2.95 bits per heavy atom. The normalized spacial score (nSPS) is 15.3. The van der Waals surface area contributed by atoms with Gasteiger partial charge >= 0.3 is 0 Å². The lowest BCUT2D eigenvalue weighted by Gasteiger charge is -2.13. The number of anilines is 1. The molecule has 1 aliphatic rings. The highest BCUT2D eigenvalue weighted by Gasteiger charge is 2.21. The smallest absolute Gasteiger partial charge is 0.225 e. The molecule has 0 aliphatic heterocycles. The van der Waals surface area contributed by atoms with Crippen molar-refractivity contribution in [3.8, 4) is 11.5 Å². The fraction of sp³-hybridized carbons (Fsp3) is 0.467. The maximum absolute atomic E-state index is 11.5. The van der Waals surface area contributed by atoms with Crippen LogP contribution in [0.1, 0.15) is 45.1 Å². The van der Waals surface area contributed by atoms with Gasteiger partial charge in [0.05, 0.1) is 0 Å². The van der Waals surface area contributed by atoms with E-state index in [2.05, 4.69) is 25.1 Å². The molecule has 6 heteroatoms. The molecule has 1 N–H and O–H groups in total. The van der Waals surface area contributed by atoms with E-state index in [1.54, 1.807) is 12.4 Å². The van der Waals surface area contributed by atoms with Gasteiger partial charge in [0.25, 0.3) is 0 Å². The first-order chi connectivity index (χ1) is 10.3. The van der Waals surface area contributed by atoms with Crippen LogP contribution in [0.5, 0.6) is 0 Å². The average Bonchev–Trinajstić information content (AvgIpc) is 3.18. The van der Waals surface area contributed by atoms with Gasteiger partial charge in [-0.25, -0.2) is 4.98 Å². The van der Waals surface area contributed by atoms with Crippen molar-refractivity contribution in [3.05, 3.63) is 24.5 Å². The number of carbonyl (C=O) groups excluding carboxylic acids is 1. The Balaban J connectivity index is 1.88. The van der Waals surface area contributed by atoms with Crippen molar-refractivity contribution >= 4 is 11.7 Å². The standard InChI is InChI=1S/C15H19N5O/c1-2-14(21)18-13-9-5-8-12(17-13)15-19-16-10-20(15)11-6-3-4-7-11/h5,8-11H,2-4,6-7H2,1H3,(H,17,18,21). The Hall–Kier alpha value is -2.24. The maximum Gasteiger partial charge on any atom is 0.225 e. The zero-order valence-corrected chi connectivity index (χ0v) is 12.1. The van der Waals surface area contributed by atoms with Crippen LogP contribution in [0.15, 0.2) is 24.5 Å². The van der Waals surface area contributed by atoms with Crippen LogP contribution in [-0.4, -0.2) is 25.7 Å².